The summed E-state index contributed by atoms with van der Waals surface area (Å²) < 4.78 is 23.9. The molecule has 23 rings (SSSR count). The number of para-hydroxylation sites is 9. The van der Waals surface area contributed by atoms with Crippen molar-refractivity contribution in [1.29, 1.82) is 0 Å². The fourth-order valence-corrected chi connectivity index (χ4v) is 18.3. The normalized spacial score (nSPS) is 12.5. The van der Waals surface area contributed by atoms with Crippen molar-refractivity contribution in [2.75, 3.05) is 9.80 Å². The summed E-state index contributed by atoms with van der Waals surface area (Å²) in [5, 5.41) is 8.78. The first-order valence-corrected chi connectivity index (χ1v) is 37.4. The van der Waals surface area contributed by atoms with Gasteiger partial charge in [0.1, 0.15) is 33.5 Å². The zero-order valence-electron chi connectivity index (χ0n) is 58.9. The lowest BCUT2D eigenvalue weighted by Crippen LogP contribution is -2.61. The number of benzene rings is 17. The highest BCUT2D eigenvalue weighted by Crippen LogP contribution is 2.56. The molecule has 0 N–H and O–H groups in total. The molecular formula is C102H62BN3O3. The maximum absolute atomic E-state index is 7.44. The van der Waals surface area contributed by atoms with E-state index in [9.17, 15) is 0 Å². The summed E-state index contributed by atoms with van der Waals surface area (Å²) in [4.78, 5) is 5.28. The summed E-state index contributed by atoms with van der Waals surface area (Å²) in [6, 6.07) is 138. The number of rotatable bonds is 10. The van der Waals surface area contributed by atoms with Gasteiger partial charge in [-0.2, -0.15) is 0 Å². The Morgan fingerprint density at radius 1 is 0.211 bits per heavy atom. The monoisotopic (exact) mass is 1390 g/mol. The fraction of sp³-hybridized carbons (Fsp3) is 0. The summed E-state index contributed by atoms with van der Waals surface area (Å²) in [6.45, 7) is -0.399. The molecule has 2 aliphatic heterocycles. The smallest absolute Gasteiger partial charge is 0.252 e. The van der Waals surface area contributed by atoms with Crippen molar-refractivity contribution in [3.05, 3.63) is 376 Å². The van der Waals surface area contributed by atoms with Crippen LogP contribution in [0.2, 0.25) is 0 Å². The molecule has 109 heavy (non-hydrogen) atoms. The molecule has 0 bridgehead atoms. The molecule has 0 amide bonds. The van der Waals surface area contributed by atoms with Gasteiger partial charge in [-0.15, -0.1) is 0 Å². The van der Waals surface area contributed by atoms with Crippen molar-refractivity contribution in [3.63, 3.8) is 0 Å². The van der Waals surface area contributed by atoms with Gasteiger partial charge in [-0.05, 0) is 122 Å². The van der Waals surface area contributed by atoms with E-state index in [4.69, 9.17) is 13.3 Å². The lowest BCUT2D eigenvalue weighted by molar-refractivity contribution is 0.669. The van der Waals surface area contributed by atoms with E-state index in [0.29, 0.717) is 0 Å². The minimum Gasteiger partial charge on any atom is -0.455 e. The molecule has 6 heterocycles. The van der Waals surface area contributed by atoms with Crippen LogP contribution in [-0.4, -0.2) is 11.3 Å². The van der Waals surface area contributed by atoms with Crippen molar-refractivity contribution >= 4 is 145 Å². The molecule has 21 aromatic rings. The Morgan fingerprint density at radius 3 is 0.972 bits per heavy atom. The third kappa shape index (κ3) is 9.30. The van der Waals surface area contributed by atoms with Gasteiger partial charge in [0.15, 0.2) is 0 Å². The zero-order valence-corrected chi connectivity index (χ0v) is 58.9. The van der Waals surface area contributed by atoms with E-state index in [-0.39, 0.29) is 0 Å². The lowest BCUT2D eigenvalue weighted by atomic mass is 9.33. The van der Waals surface area contributed by atoms with Crippen LogP contribution in [0.25, 0.3) is 171 Å². The molecule has 6 nitrogen and oxygen atoms in total. The van der Waals surface area contributed by atoms with Gasteiger partial charge in [0.05, 0.1) is 22.4 Å². The van der Waals surface area contributed by atoms with E-state index in [1.807, 2.05) is 0 Å². The van der Waals surface area contributed by atoms with E-state index in [1.54, 1.807) is 0 Å². The molecule has 0 unspecified atom stereocenters. The van der Waals surface area contributed by atoms with Gasteiger partial charge in [-0.25, -0.2) is 0 Å². The Hall–Kier alpha value is -14.4. The molecule has 0 radical (unpaired) electrons. The Bertz CT molecular complexity index is 6830. The van der Waals surface area contributed by atoms with Crippen LogP contribution >= 0.6 is 0 Å². The molecule has 0 saturated carbocycles. The van der Waals surface area contributed by atoms with Crippen LogP contribution in [-0.2, 0) is 0 Å². The SMILES string of the molecule is c1ccc(-c2cccc(-c3ccccc3)c2N2c3ccc(-c4cccc5c4oc4ccccc45)cc3B3c4cc(-c5cccc6c5oc5ccccc56)ccc4N(c4c(-c5ccccc5)cccc4-c4ccccc4)c4cc(-c5cc(-n6c7ccccc7c7ccccc76)cc6c5oc5ccccc56)cc2c43)cc1. The Kier molecular flexibility index (Phi) is 13.5. The number of aromatic nitrogens is 1. The molecule has 0 spiro atoms. The number of nitrogens with zero attached hydrogens (tertiary/aromatic N) is 3. The molecule has 4 aromatic heterocycles. The maximum atomic E-state index is 7.44. The second-order valence-electron chi connectivity index (χ2n) is 28.8. The highest BCUT2D eigenvalue weighted by molar-refractivity contribution is 7.00. The van der Waals surface area contributed by atoms with Crippen LogP contribution in [0.3, 0.4) is 0 Å². The average molecular weight is 1390 g/mol. The van der Waals surface area contributed by atoms with Gasteiger partial charge < -0.3 is 27.6 Å². The minimum atomic E-state index is -0.399. The molecule has 0 atom stereocenters. The van der Waals surface area contributed by atoms with Crippen molar-refractivity contribution in [2.45, 2.75) is 0 Å². The first-order valence-electron chi connectivity index (χ1n) is 37.4. The predicted molar refractivity (Wildman–Crippen MR) is 455 cm³/mol. The second-order valence-corrected chi connectivity index (χ2v) is 28.8. The average Bonchev–Trinajstić information content (AvgIpc) is 1.33. The lowest BCUT2D eigenvalue weighted by Gasteiger charge is -2.46. The fourth-order valence-electron chi connectivity index (χ4n) is 18.3. The van der Waals surface area contributed by atoms with E-state index in [2.05, 4.69) is 390 Å². The summed E-state index contributed by atoms with van der Waals surface area (Å²) in [5.41, 5.74) is 32.8. The van der Waals surface area contributed by atoms with Crippen LogP contribution in [0.1, 0.15) is 0 Å². The number of hydrogen-bond donors (Lipinski definition) is 0. The largest absolute Gasteiger partial charge is 0.455 e. The van der Waals surface area contributed by atoms with Crippen LogP contribution in [0.5, 0.6) is 0 Å². The maximum Gasteiger partial charge on any atom is 0.252 e. The standard InChI is InChI=1S/C102H62BN3O3/c1-5-27-63(28-6-1)71-40-23-41-72(64-29-7-2-8-30-64)98(71)105-90-55-53-67(75-44-25-46-82-79-37-15-20-50-94(79)107-100(75)82)57-86(90)103-87-58-68(76-45-26-47-83-80-38-16-21-51-95(80)108-101(76)83)54-56-91(87)106(99-73(65-31-9-3-10-32-65)42-24-43-74(99)66-33-11-4-12-34-66)93-60-69(59-92(105)97(93)103)84-61-70(62-85-81-39-17-22-52-96(81)109-102(84)85)104-88-48-18-13-35-77(88)78-36-14-19-49-89(78)104/h1-62H. The molecule has 506 valence electrons. The summed E-state index contributed by atoms with van der Waals surface area (Å²) in [5.74, 6) is 0. The van der Waals surface area contributed by atoms with Gasteiger partial charge in [-0.1, -0.05) is 309 Å². The van der Waals surface area contributed by atoms with Crippen molar-refractivity contribution in [3.8, 4) is 83.6 Å². The van der Waals surface area contributed by atoms with E-state index < -0.39 is 6.71 Å². The van der Waals surface area contributed by atoms with Crippen LogP contribution < -0.4 is 26.2 Å². The second kappa shape index (κ2) is 24.1. The first kappa shape index (κ1) is 61.0. The molecule has 17 aromatic carbocycles. The first-order chi connectivity index (χ1) is 54.1. The van der Waals surface area contributed by atoms with Crippen molar-refractivity contribution in [2.24, 2.45) is 0 Å². The number of fused-ring (bicyclic) bond motifs is 16. The minimum absolute atomic E-state index is 0.399. The molecule has 0 aliphatic carbocycles. The van der Waals surface area contributed by atoms with Gasteiger partial charge >= 0.3 is 0 Å². The topological polar surface area (TPSA) is 50.8 Å². The highest BCUT2D eigenvalue weighted by atomic mass is 16.3. The van der Waals surface area contributed by atoms with Crippen molar-refractivity contribution in [1.82, 2.24) is 4.57 Å². The Balaban J connectivity index is 0.910. The van der Waals surface area contributed by atoms with Gasteiger partial charge in [0, 0.05) is 110 Å². The van der Waals surface area contributed by atoms with Crippen LogP contribution in [0.4, 0.5) is 34.1 Å². The Labute approximate surface area is 628 Å². The van der Waals surface area contributed by atoms with Crippen LogP contribution in [0.15, 0.2) is 389 Å². The number of hydrogen-bond acceptors (Lipinski definition) is 5. The summed E-state index contributed by atoms with van der Waals surface area (Å²) in [6.07, 6.45) is 0. The van der Waals surface area contributed by atoms with E-state index in [0.717, 1.165) is 211 Å². The van der Waals surface area contributed by atoms with Crippen LogP contribution in [0, 0.1) is 0 Å². The molecular weight excluding hydrogens is 1330 g/mol. The number of anilines is 6. The molecule has 0 saturated heterocycles. The molecule has 2 aliphatic rings. The van der Waals surface area contributed by atoms with Gasteiger partial charge in [0.2, 0.25) is 0 Å². The molecule has 0 fully saturated rings. The molecule has 7 heteroatoms. The van der Waals surface area contributed by atoms with Gasteiger partial charge in [0.25, 0.3) is 6.71 Å². The predicted octanol–water partition coefficient (Wildman–Crippen LogP) is 26.2. The highest BCUT2D eigenvalue weighted by Gasteiger charge is 2.46. The third-order valence-electron chi connectivity index (χ3n) is 23.0. The summed E-state index contributed by atoms with van der Waals surface area (Å²) in [7, 11) is 0. The summed E-state index contributed by atoms with van der Waals surface area (Å²) >= 11 is 0. The Morgan fingerprint density at radius 2 is 0.550 bits per heavy atom. The van der Waals surface area contributed by atoms with E-state index >= 15 is 0 Å². The van der Waals surface area contributed by atoms with Crippen molar-refractivity contribution < 1.29 is 13.3 Å². The third-order valence-corrected chi connectivity index (χ3v) is 23.0. The number of furan rings is 3. The zero-order chi connectivity index (χ0) is 71.4. The quantitative estimate of drug-likeness (QED) is 0.128. The van der Waals surface area contributed by atoms with E-state index in [1.165, 1.54) is 10.8 Å². The van der Waals surface area contributed by atoms with Gasteiger partial charge in [-0.3, -0.25) is 0 Å².